The predicted octanol–water partition coefficient (Wildman–Crippen LogP) is 1.40. The topological polar surface area (TPSA) is 77.8 Å². The number of nitrogens with zero attached hydrogens (tertiary/aromatic N) is 2. The zero-order chi connectivity index (χ0) is 10.1. The number of hydrogen-bond donors (Lipinski definition) is 2. The Kier molecular flexibility index (Phi) is 2.94. The summed E-state index contributed by atoms with van der Waals surface area (Å²) in [5.74, 6) is 0.713. The van der Waals surface area contributed by atoms with E-state index < -0.39 is 0 Å². The molecule has 0 aliphatic rings. The van der Waals surface area contributed by atoms with Crippen LogP contribution >= 0.6 is 22.6 Å². The summed E-state index contributed by atoms with van der Waals surface area (Å²) in [4.78, 5) is 7.81. The third kappa shape index (κ3) is 3.33. The molecule has 0 amide bonds. The van der Waals surface area contributed by atoms with Gasteiger partial charge in [-0.05, 0) is 6.42 Å². The van der Waals surface area contributed by atoms with Crippen molar-refractivity contribution in [1.82, 2.24) is 9.97 Å². The van der Waals surface area contributed by atoms with Gasteiger partial charge in [-0.25, -0.2) is 4.98 Å². The molecule has 0 unspecified atom stereocenters. The van der Waals surface area contributed by atoms with Gasteiger partial charge >= 0.3 is 0 Å². The van der Waals surface area contributed by atoms with Gasteiger partial charge in [0.25, 0.3) is 0 Å². The van der Waals surface area contributed by atoms with Crippen molar-refractivity contribution in [2.75, 3.05) is 11.5 Å². The molecule has 0 saturated heterocycles. The normalized spacial score (nSPS) is 11.6. The Morgan fingerprint density at radius 1 is 1.46 bits per heavy atom. The van der Waals surface area contributed by atoms with Crippen molar-refractivity contribution >= 4 is 34.4 Å². The van der Waals surface area contributed by atoms with Gasteiger partial charge in [-0.15, -0.1) is 0 Å². The Morgan fingerprint density at radius 3 is 2.54 bits per heavy atom. The lowest BCUT2D eigenvalue weighted by Crippen LogP contribution is -2.15. The van der Waals surface area contributed by atoms with Gasteiger partial charge in [0.15, 0.2) is 0 Å². The maximum absolute atomic E-state index is 5.69. The van der Waals surface area contributed by atoms with Crippen LogP contribution in [0.1, 0.15) is 19.4 Å². The average Bonchev–Trinajstić information content (AvgIpc) is 1.93. The molecule has 0 spiro atoms. The van der Waals surface area contributed by atoms with Crippen LogP contribution in [0.3, 0.4) is 0 Å². The second kappa shape index (κ2) is 3.65. The van der Waals surface area contributed by atoms with Crippen LogP contribution in [-0.2, 0) is 6.42 Å². The molecule has 0 aromatic carbocycles. The maximum atomic E-state index is 5.69. The fourth-order valence-corrected chi connectivity index (χ4v) is 1.43. The minimum absolute atomic E-state index is 0.158. The number of nitrogen functional groups attached to an aromatic ring is 2. The van der Waals surface area contributed by atoms with E-state index in [0.29, 0.717) is 5.82 Å². The summed E-state index contributed by atoms with van der Waals surface area (Å²) in [6.07, 6.45) is 2.54. The van der Waals surface area contributed by atoms with E-state index in [9.17, 15) is 0 Å². The highest BCUT2D eigenvalue weighted by molar-refractivity contribution is 14.1. The number of alkyl halides is 1. The van der Waals surface area contributed by atoms with Crippen molar-refractivity contribution in [2.45, 2.75) is 23.7 Å². The molecule has 4 N–H and O–H groups in total. The van der Waals surface area contributed by atoms with Crippen molar-refractivity contribution in [2.24, 2.45) is 0 Å². The third-order valence-corrected chi connectivity index (χ3v) is 1.91. The largest absolute Gasteiger partial charge is 0.383 e. The number of halogens is 1. The minimum Gasteiger partial charge on any atom is -0.383 e. The van der Waals surface area contributed by atoms with Gasteiger partial charge < -0.3 is 11.5 Å². The first-order valence-corrected chi connectivity index (χ1v) is 5.02. The van der Waals surface area contributed by atoms with E-state index in [1.165, 1.54) is 0 Å². The smallest absolute Gasteiger partial charge is 0.221 e. The standard InChI is InChI=1S/C8H13IN4/c1-8(2,9)3-5-4-12-7(11)13-6(5)10/h4H,3H2,1-2H3,(H4,10,11,12,13). The molecule has 1 aromatic heterocycles. The molecule has 0 fully saturated rings. The van der Waals surface area contributed by atoms with Crippen LogP contribution in [0.15, 0.2) is 6.20 Å². The fourth-order valence-electron chi connectivity index (χ4n) is 1.02. The van der Waals surface area contributed by atoms with Crippen LogP contribution in [0.5, 0.6) is 0 Å². The molecule has 0 atom stereocenters. The molecule has 0 saturated carbocycles. The van der Waals surface area contributed by atoms with E-state index in [4.69, 9.17) is 11.5 Å². The molecule has 72 valence electrons. The summed E-state index contributed by atoms with van der Waals surface area (Å²) in [7, 11) is 0. The first-order valence-electron chi connectivity index (χ1n) is 3.94. The van der Waals surface area contributed by atoms with Crippen LogP contribution in [0.4, 0.5) is 11.8 Å². The lowest BCUT2D eigenvalue weighted by atomic mass is 10.1. The van der Waals surface area contributed by atoms with Crippen molar-refractivity contribution < 1.29 is 0 Å². The second-order valence-corrected chi connectivity index (χ2v) is 6.45. The van der Waals surface area contributed by atoms with Crippen molar-refractivity contribution in [1.29, 1.82) is 0 Å². The molecule has 13 heavy (non-hydrogen) atoms. The Hall–Kier alpha value is -0.590. The van der Waals surface area contributed by atoms with Crippen molar-refractivity contribution in [3.63, 3.8) is 0 Å². The van der Waals surface area contributed by atoms with Crippen LogP contribution in [-0.4, -0.2) is 13.4 Å². The van der Waals surface area contributed by atoms with Gasteiger partial charge in [0.05, 0.1) is 0 Å². The van der Waals surface area contributed by atoms with Gasteiger partial charge in [-0.3, -0.25) is 0 Å². The first kappa shape index (κ1) is 10.5. The van der Waals surface area contributed by atoms with Gasteiger partial charge in [0, 0.05) is 15.2 Å². The molecule has 1 heterocycles. The molecule has 0 aliphatic carbocycles. The molecule has 4 nitrogen and oxygen atoms in total. The van der Waals surface area contributed by atoms with Gasteiger partial charge in [0.1, 0.15) is 5.82 Å². The van der Waals surface area contributed by atoms with Crippen LogP contribution in [0, 0.1) is 0 Å². The molecule has 0 aliphatic heterocycles. The predicted molar refractivity (Wildman–Crippen MR) is 62.7 cm³/mol. The number of nitrogens with two attached hydrogens (primary N) is 2. The van der Waals surface area contributed by atoms with Crippen molar-refractivity contribution in [3.8, 4) is 0 Å². The molecule has 1 rings (SSSR count). The van der Waals surface area contributed by atoms with E-state index >= 15 is 0 Å². The molecule has 5 heteroatoms. The molecular formula is C8H13IN4. The van der Waals surface area contributed by atoms with E-state index in [0.717, 1.165) is 12.0 Å². The molecule has 0 radical (unpaired) electrons. The van der Waals surface area contributed by atoms with E-state index in [1.54, 1.807) is 6.20 Å². The lowest BCUT2D eigenvalue weighted by molar-refractivity contribution is 0.740. The highest BCUT2D eigenvalue weighted by atomic mass is 127. The zero-order valence-electron chi connectivity index (χ0n) is 7.71. The summed E-state index contributed by atoms with van der Waals surface area (Å²) in [6, 6.07) is 0. The minimum atomic E-state index is 0.158. The summed E-state index contributed by atoms with van der Waals surface area (Å²) in [6.45, 7) is 4.26. The lowest BCUT2D eigenvalue weighted by Gasteiger charge is -2.16. The molecular weight excluding hydrogens is 279 g/mol. The van der Waals surface area contributed by atoms with Gasteiger partial charge in [-0.2, -0.15) is 4.98 Å². The van der Waals surface area contributed by atoms with E-state index in [2.05, 4.69) is 46.4 Å². The van der Waals surface area contributed by atoms with E-state index in [-0.39, 0.29) is 9.37 Å². The van der Waals surface area contributed by atoms with Gasteiger partial charge in [-0.1, -0.05) is 36.4 Å². The molecule has 0 bridgehead atoms. The Morgan fingerprint density at radius 2 is 2.08 bits per heavy atom. The number of hydrogen-bond acceptors (Lipinski definition) is 4. The summed E-state index contributed by atoms with van der Waals surface area (Å²) < 4.78 is 0.158. The Balaban J connectivity index is 2.90. The van der Waals surface area contributed by atoms with Crippen molar-refractivity contribution in [3.05, 3.63) is 11.8 Å². The fraction of sp³-hybridized carbons (Fsp3) is 0.500. The van der Waals surface area contributed by atoms with Gasteiger partial charge in [0.2, 0.25) is 5.95 Å². The first-order chi connectivity index (χ1) is 5.88. The zero-order valence-corrected chi connectivity index (χ0v) is 9.87. The Labute approximate surface area is 91.3 Å². The monoisotopic (exact) mass is 292 g/mol. The van der Waals surface area contributed by atoms with E-state index in [1.807, 2.05) is 0 Å². The second-order valence-electron chi connectivity index (χ2n) is 3.53. The Bertz CT molecular complexity index is 306. The number of aromatic nitrogens is 2. The maximum Gasteiger partial charge on any atom is 0.221 e. The van der Waals surface area contributed by atoms with Crippen LogP contribution < -0.4 is 11.5 Å². The average molecular weight is 292 g/mol. The highest BCUT2D eigenvalue weighted by Crippen LogP contribution is 2.24. The highest BCUT2D eigenvalue weighted by Gasteiger charge is 2.15. The quantitative estimate of drug-likeness (QED) is 0.638. The van der Waals surface area contributed by atoms with Crippen LogP contribution in [0.25, 0.3) is 0 Å². The third-order valence-electron chi connectivity index (χ3n) is 1.53. The molecule has 1 aromatic rings. The number of rotatable bonds is 2. The summed E-state index contributed by atoms with van der Waals surface area (Å²) >= 11 is 2.36. The SMILES string of the molecule is CC(C)(I)Cc1cnc(N)nc1N. The van der Waals surface area contributed by atoms with Crippen LogP contribution in [0.2, 0.25) is 0 Å². The summed E-state index contributed by atoms with van der Waals surface area (Å²) in [5.41, 5.74) is 12.0. The summed E-state index contributed by atoms with van der Waals surface area (Å²) in [5, 5.41) is 0. The number of anilines is 2.